The van der Waals surface area contributed by atoms with E-state index in [-0.39, 0.29) is 17.6 Å². The van der Waals surface area contributed by atoms with Gasteiger partial charge >= 0.3 is 17.6 Å². The van der Waals surface area contributed by atoms with Crippen LogP contribution in [-0.4, -0.2) is 41.7 Å². The molecule has 1 amide bonds. The first-order valence-corrected chi connectivity index (χ1v) is 8.22. The number of para-hydroxylation sites is 1. The number of piperidine rings is 1. The minimum absolute atomic E-state index is 0.138. The lowest BCUT2D eigenvalue weighted by Crippen LogP contribution is -2.47. The average Bonchev–Trinajstić information content (AvgIpc) is 3.03. The van der Waals surface area contributed by atoms with Gasteiger partial charge in [0.2, 0.25) is 5.69 Å². The lowest BCUT2D eigenvalue weighted by atomic mass is 9.97. The molecule has 2 heterocycles. The minimum atomic E-state index is -0.777. The maximum atomic E-state index is 12.8. The summed E-state index contributed by atoms with van der Waals surface area (Å²) < 4.78 is 10.9. The number of likely N-dealkylation sites (tertiary alicyclic amines) is 1. The molecular formula is C17H19N3O5. The van der Waals surface area contributed by atoms with E-state index in [4.69, 9.17) is 4.74 Å². The molecule has 0 radical (unpaired) electrons. The highest BCUT2D eigenvalue weighted by Crippen LogP contribution is 2.21. The van der Waals surface area contributed by atoms with Crippen molar-refractivity contribution in [1.29, 1.82) is 0 Å². The summed E-state index contributed by atoms with van der Waals surface area (Å²) in [6.07, 6.45) is 1.02. The van der Waals surface area contributed by atoms with Gasteiger partial charge in [0.25, 0.3) is 0 Å². The third kappa shape index (κ3) is 3.47. The standard InChI is InChI=1S/C17H19N3O5/c1-2-24-16(22)12-8-10-19(11-9-12)15(21)14-17(23)25-18-20(14)13-6-4-3-5-7-13/h3-7,12H,2,8-11H2,1H3. The van der Waals surface area contributed by atoms with Crippen molar-refractivity contribution in [1.82, 2.24) is 10.2 Å². The van der Waals surface area contributed by atoms with E-state index in [1.54, 1.807) is 36.1 Å². The van der Waals surface area contributed by atoms with Crippen LogP contribution >= 0.6 is 0 Å². The molecule has 2 aromatic rings. The van der Waals surface area contributed by atoms with E-state index in [0.717, 1.165) is 0 Å². The smallest absolute Gasteiger partial charge is 0.327 e. The summed E-state index contributed by atoms with van der Waals surface area (Å²) in [5, 5.41) is 15.7. The Morgan fingerprint density at radius 1 is 1.32 bits per heavy atom. The second-order valence-electron chi connectivity index (χ2n) is 5.77. The molecular weight excluding hydrogens is 326 g/mol. The van der Waals surface area contributed by atoms with E-state index < -0.39 is 11.9 Å². The van der Waals surface area contributed by atoms with Gasteiger partial charge in [0.1, 0.15) is 0 Å². The summed E-state index contributed by atoms with van der Waals surface area (Å²) in [4.78, 5) is 26.1. The fourth-order valence-electron chi connectivity index (χ4n) is 2.90. The molecule has 1 fully saturated rings. The third-order valence-corrected chi connectivity index (χ3v) is 4.22. The fraction of sp³-hybridized carbons (Fsp3) is 0.412. The lowest BCUT2D eigenvalue weighted by Gasteiger charge is -2.29. The van der Waals surface area contributed by atoms with Crippen molar-refractivity contribution in [2.75, 3.05) is 19.7 Å². The van der Waals surface area contributed by atoms with Crippen LogP contribution in [-0.2, 0) is 9.53 Å². The Labute approximate surface area is 144 Å². The van der Waals surface area contributed by atoms with Gasteiger partial charge in [-0.15, -0.1) is 0 Å². The Balaban J connectivity index is 1.75. The second-order valence-corrected chi connectivity index (χ2v) is 5.77. The molecule has 1 saturated heterocycles. The number of amides is 1. The molecule has 132 valence electrons. The van der Waals surface area contributed by atoms with Crippen molar-refractivity contribution in [3.8, 4) is 11.6 Å². The highest BCUT2D eigenvalue weighted by atomic mass is 16.6. The number of aromatic nitrogens is 2. The van der Waals surface area contributed by atoms with Crippen molar-refractivity contribution in [3.05, 3.63) is 36.0 Å². The summed E-state index contributed by atoms with van der Waals surface area (Å²) in [5.41, 5.74) is 0.430. The Bertz CT molecular complexity index is 751. The number of hydrogen-bond acceptors (Lipinski definition) is 6. The summed E-state index contributed by atoms with van der Waals surface area (Å²) in [6.45, 7) is 2.86. The predicted molar refractivity (Wildman–Crippen MR) is 82.7 cm³/mol. The number of rotatable bonds is 4. The molecule has 0 saturated carbocycles. The van der Waals surface area contributed by atoms with Gasteiger partial charge in [-0.25, -0.2) is 0 Å². The molecule has 25 heavy (non-hydrogen) atoms. The van der Waals surface area contributed by atoms with Crippen LogP contribution in [0.2, 0.25) is 0 Å². The maximum Gasteiger partial charge on any atom is 0.327 e. The molecule has 8 nitrogen and oxygen atoms in total. The van der Waals surface area contributed by atoms with Crippen molar-refractivity contribution in [3.63, 3.8) is 0 Å². The molecule has 1 aliphatic heterocycles. The van der Waals surface area contributed by atoms with E-state index >= 15 is 0 Å². The lowest BCUT2D eigenvalue weighted by molar-refractivity contribution is -0.672. The van der Waals surface area contributed by atoms with Crippen LogP contribution in [0.5, 0.6) is 5.95 Å². The second kappa shape index (κ2) is 7.33. The molecule has 0 aliphatic carbocycles. The molecule has 1 aromatic heterocycles. The first-order chi connectivity index (χ1) is 12.1. The molecule has 0 atom stereocenters. The van der Waals surface area contributed by atoms with Crippen molar-refractivity contribution < 1.29 is 28.6 Å². The van der Waals surface area contributed by atoms with E-state index in [2.05, 4.69) is 9.79 Å². The summed E-state index contributed by atoms with van der Waals surface area (Å²) in [7, 11) is 0. The van der Waals surface area contributed by atoms with Crippen molar-refractivity contribution in [2.45, 2.75) is 19.8 Å². The Morgan fingerprint density at radius 3 is 2.64 bits per heavy atom. The van der Waals surface area contributed by atoms with Crippen LogP contribution in [0.25, 0.3) is 5.69 Å². The van der Waals surface area contributed by atoms with Gasteiger partial charge in [0.15, 0.2) is 5.95 Å². The number of hydrogen-bond donors (Lipinski definition) is 0. The monoisotopic (exact) mass is 345 g/mol. The summed E-state index contributed by atoms with van der Waals surface area (Å²) >= 11 is 0. The average molecular weight is 345 g/mol. The van der Waals surface area contributed by atoms with Gasteiger partial charge < -0.3 is 19.3 Å². The van der Waals surface area contributed by atoms with Crippen LogP contribution in [0, 0.1) is 5.92 Å². The Hall–Kier alpha value is -2.90. The Kier molecular flexibility index (Phi) is 4.97. The fourth-order valence-corrected chi connectivity index (χ4v) is 2.90. The molecule has 0 bridgehead atoms. The molecule has 1 aliphatic rings. The molecule has 0 N–H and O–H groups in total. The topological polar surface area (TPSA) is 99.6 Å². The third-order valence-electron chi connectivity index (χ3n) is 4.22. The first kappa shape index (κ1) is 16.9. The van der Waals surface area contributed by atoms with Gasteiger partial charge in [-0.3, -0.25) is 9.59 Å². The maximum absolute atomic E-state index is 12.8. The van der Waals surface area contributed by atoms with Crippen LogP contribution in [0.15, 0.2) is 34.9 Å². The molecule has 0 unspecified atom stereocenters. The zero-order valence-electron chi connectivity index (χ0n) is 13.9. The van der Waals surface area contributed by atoms with E-state index in [1.165, 1.54) is 4.68 Å². The normalized spacial score (nSPS) is 15.2. The van der Waals surface area contributed by atoms with E-state index in [9.17, 15) is 14.7 Å². The van der Waals surface area contributed by atoms with E-state index in [1.807, 2.05) is 6.07 Å². The van der Waals surface area contributed by atoms with Gasteiger partial charge in [0, 0.05) is 25.2 Å². The van der Waals surface area contributed by atoms with Crippen molar-refractivity contribution >= 4 is 11.9 Å². The highest BCUT2D eigenvalue weighted by Gasteiger charge is 2.35. The van der Waals surface area contributed by atoms with Gasteiger partial charge in [-0.05, 0) is 24.4 Å². The molecule has 8 heteroatoms. The van der Waals surface area contributed by atoms with Crippen LogP contribution < -0.4 is 9.79 Å². The largest absolute Gasteiger partial charge is 0.538 e. The van der Waals surface area contributed by atoms with E-state index in [0.29, 0.717) is 38.2 Å². The minimum Gasteiger partial charge on any atom is -0.538 e. The number of nitrogens with zero attached hydrogens (tertiary/aromatic N) is 3. The number of benzene rings is 1. The molecule has 1 aromatic carbocycles. The zero-order valence-corrected chi connectivity index (χ0v) is 13.9. The van der Waals surface area contributed by atoms with Crippen molar-refractivity contribution in [2.24, 2.45) is 5.92 Å². The van der Waals surface area contributed by atoms with Crippen LogP contribution in [0.4, 0.5) is 0 Å². The number of carbonyl (C=O) groups is 2. The highest BCUT2D eigenvalue weighted by molar-refractivity contribution is 5.92. The number of carbonyl (C=O) groups excluding carboxylic acids is 2. The number of esters is 1. The van der Waals surface area contributed by atoms with Gasteiger partial charge in [0.05, 0.1) is 17.8 Å². The first-order valence-electron chi connectivity index (χ1n) is 8.22. The summed E-state index contributed by atoms with van der Waals surface area (Å²) in [5.74, 6) is -1.67. The molecule has 0 spiro atoms. The quantitative estimate of drug-likeness (QED) is 0.589. The zero-order chi connectivity index (χ0) is 17.8. The van der Waals surface area contributed by atoms with Crippen LogP contribution in [0.1, 0.15) is 30.3 Å². The van der Waals surface area contributed by atoms with Gasteiger partial charge in [-0.2, -0.15) is 0 Å². The Morgan fingerprint density at radius 2 is 2.00 bits per heavy atom. The number of ether oxygens (including phenoxy) is 1. The molecule has 3 rings (SSSR count). The predicted octanol–water partition coefficient (Wildman–Crippen LogP) is 0.440. The van der Waals surface area contributed by atoms with Gasteiger partial charge in [-0.1, -0.05) is 18.2 Å². The summed E-state index contributed by atoms with van der Waals surface area (Å²) in [6, 6.07) is 8.84. The SMILES string of the molecule is CCOC(=O)C1CCN(C(=O)c2c([O-])on[n+]2-c2ccccc2)CC1. The van der Waals surface area contributed by atoms with Crippen LogP contribution in [0.3, 0.4) is 0 Å².